The summed E-state index contributed by atoms with van der Waals surface area (Å²) in [5.41, 5.74) is 1.07. The van der Waals surface area contributed by atoms with Gasteiger partial charge in [0.15, 0.2) is 0 Å². The van der Waals surface area contributed by atoms with E-state index in [9.17, 15) is 4.79 Å². The van der Waals surface area contributed by atoms with Crippen LogP contribution >= 0.6 is 15.9 Å². The smallest absolute Gasteiger partial charge is 0.220 e. The fourth-order valence-corrected chi connectivity index (χ4v) is 1.58. The molecule has 14 heavy (non-hydrogen) atoms. The van der Waals surface area contributed by atoms with Crippen LogP contribution in [0.5, 0.6) is 0 Å². The van der Waals surface area contributed by atoms with Crippen molar-refractivity contribution in [2.75, 3.05) is 7.05 Å². The highest BCUT2D eigenvalue weighted by atomic mass is 79.9. The number of hydrogen-bond donors (Lipinski definition) is 1. The summed E-state index contributed by atoms with van der Waals surface area (Å²) in [5, 5.41) is 2.61. The maximum absolute atomic E-state index is 11.1. The minimum Gasteiger partial charge on any atom is -0.359 e. The van der Waals surface area contributed by atoms with Crippen molar-refractivity contribution in [3.8, 4) is 0 Å². The van der Waals surface area contributed by atoms with Gasteiger partial charge in [-0.05, 0) is 33.5 Å². The van der Waals surface area contributed by atoms with Gasteiger partial charge in [-0.1, -0.05) is 6.92 Å². The van der Waals surface area contributed by atoms with Gasteiger partial charge < -0.3 is 5.32 Å². The minimum atomic E-state index is 0.0532. The standard InChI is InChI=1S/C10H13BrN2O/c1-7(3-10(14)12-2)8-4-9(11)6-13-5-8/h4-7H,3H2,1-2H3,(H,12,14)/t7-/m1/s1. The zero-order valence-corrected chi connectivity index (χ0v) is 9.84. The molecule has 0 saturated carbocycles. The molecule has 0 aliphatic carbocycles. The lowest BCUT2D eigenvalue weighted by atomic mass is 9.99. The molecular formula is C10H13BrN2O. The first-order valence-corrected chi connectivity index (χ1v) is 5.24. The van der Waals surface area contributed by atoms with Crippen molar-refractivity contribution in [2.24, 2.45) is 0 Å². The number of hydrogen-bond acceptors (Lipinski definition) is 2. The van der Waals surface area contributed by atoms with Gasteiger partial charge in [-0.3, -0.25) is 9.78 Å². The zero-order valence-electron chi connectivity index (χ0n) is 8.25. The molecule has 1 heterocycles. The van der Waals surface area contributed by atoms with Crippen molar-refractivity contribution in [3.63, 3.8) is 0 Å². The summed E-state index contributed by atoms with van der Waals surface area (Å²) in [7, 11) is 1.65. The Morgan fingerprint density at radius 2 is 2.36 bits per heavy atom. The summed E-state index contributed by atoms with van der Waals surface area (Å²) in [5.74, 6) is 0.248. The molecule has 1 aromatic heterocycles. The first kappa shape index (κ1) is 11.2. The molecule has 0 aliphatic heterocycles. The lowest BCUT2D eigenvalue weighted by Crippen LogP contribution is -2.19. The number of pyridine rings is 1. The van der Waals surface area contributed by atoms with E-state index in [0.717, 1.165) is 10.0 Å². The number of halogens is 1. The third-order valence-electron chi connectivity index (χ3n) is 2.07. The normalized spacial score (nSPS) is 12.2. The molecule has 1 atom stereocenters. The van der Waals surface area contributed by atoms with Crippen LogP contribution in [0.25, 0.3) is 0 Å². The maximum Gasteiger partial charge on any atom is 0.220 e. The lowest BCUT2D eigenvalue weighted by Gasteiger charge is -2.10. The van der Waals surface area contributed by atoms with Crippen molar-refractivity contribution < 1.29 is 4.79 Å². The summed E-state index contributed by atoms with van der Waals surface area (Å²) < 4.78 is 0.943. The summed E-state index contributed by atoms with van der Waals surface area (Å²) in [6.07, 6.45) is 4.02. The van der Waals surface area contributed by atoms with Gasteiger partial charge in [-0.15, -0.1) is 0 Å². The highest BCUT2D eigenvalue weighted by Gasteiger charge is 2.10. The van der Waals surface area contributed by atoms with Crippen LogP contribution in [0.1, 0.15) is 24.8 Å². The molecule has 0 aliphatic rings. The molecule has 1 rings (SSSR count). The number of nitrogens with zero attached hydrogens (tertiary/aromatic N) is 1. The van der Waals surface area contributed by atoms with Gasteiger partial charge in [-0.25, -0.2) is 0 Å². The van der Waals surface area contributed by atoms with Crippen LogP contribution in [0.4, 0.5) is 0 Å². The van der Waals surface area contributed by atoms with Crippen molar-refractivity contribution in [1.29, 1.82) is 0 Å². The zero-order chi connectivity index (χ0) is 10.6. The predicted molar refractivity (Wildman–Crippen MR) is 59.0 cm³/mol. The second-order valence-corrected chi connectivity index (χ2v) is 4.13. The van der Waals surface area contributed by atoms with Crippen LogP contribution in [0.3, 0.4) is 0 Å². The first-order valence-electron chi connectivity index (χ1n) is 4.44. The molecule has 0 saturated heterocycles. The van der Waals surface area contributed by atoms with Gasteiger partial charge in [0.25, 0.3) is 0 Å². The average Bonchev–Trinajstić information content (AvgIpc) is 2.17. The van der Waals surface area contributed by atoms with Crippen molar-refractivity contribution in [2.45, 2.75) is 19.3 Å². The fourth-order valence-electron chi connectivity index (χ4n) is 1.20. The molecule has 0 radical (unpaired) electrons. The van der Waals surface area contributed by atoms with Crippen molar-refractivity contribution in [1.82, 2.24) is 10.3 Å². The molecule has 1 amide bonds. The Morgan fingerprint density at radius 3 is 2.93 bits per heavy atom. The van der Waals surface area contributed by atoms with E-state index in [0.29, 0.717) is 6.42 Å². The molecule has 1 N–H and O–H groups in total. The molecule has 0 fully saturated rings. The Morgan fingerprint density at radius 1 is 1.64 bits per heavy atom. The van der Waals surface area contributed by atoms with E-state index in [1.165, 1.54) is 0 Å². The Balaban J connectivity index is 2.69. The molecule has 0 aromatic carbocycles. The van der Waals surface area contributed by atoms with E-state index < -0.39 is 0 Å². The van der Waals surface area contributed by atoms with Crippen molar-refractivity contribution >= 4 is 21.8 Å². The van der Waals surface area contributed by atoms with Gasteiger partial charge >= 0.3 is 0 Å². The molecule has 4 heteroatoms. The van der Waals surface area contributed by atoms with E-state index in [1.54, 1.807) is 19.4 Å². The SMILES string of the molecule is CNC(=O)C[C@@H](C)c1cncc(Br)c1. The van der Waals surface area contributed by atoms with Crippen LogP contribution in [0.15, 0.2) is 22.9 Å². The molecule has 0 bridgehead atoms. The monoisotopic (exact) mass is 256 g/mol. The number of nitrogens with one attached hydrogen (secondary N) is 1. The largest absolute Gasteiger partial charge is 0.359 e. The number of carbonyl (C=O) groups excluding carboxylic acids is 1. The third-order valence-corrected chi connectivity index (χ3v) is 2.50. The quantitative estimate of drug-likeness (QED) is 0.900. The van der Waals surface area contributed by atoms with E-state index in [-0.39, 0.29) is 11.8 Å². The van der Waals surface area contributed by atoms with Crippen LogP contribution in [-0.4, -0.2) is 17.9 Å². The van der Waals surface area contributed by atoms with E-state index in [1.807, 2.05) is 13.0 Å². The molecule has 3 nitrogen and oxygen atoms in total. The summed E-state index contributed by atoms with van der Waals surface area (Å²) in [6.45, 7) is 2.01. The average molecular weight is 257 g/mol. The maximum atomic E-state index is 11.1. The van der Waals surface area contributed by atoms with Gasteiger partial charge in [-0.2, -0.15) is 0 Å². The Kier molecular flexibility index (Phi) is 4.07. The predicted octanol–water partition coefficient (Wildman–Crippen LogP) is 2.08. The molecule has 0 unspecified atom stereocenters. The molecule has 76 valence electrons. The van der Waals surface area contributed by atoms with Crippen LogP contribution in [0, 0.1) is 0 Å². The van der Waals surface area contributed by atoms with Gasteiger partial charge in [0.2, 0.25) is 5.91 Å². The highest BCUT2D eigenvalue weighted by Crippen LogP contribution is 2.20. The molecule has 0 spiro atoms. The second-order valence-electron chi connectivity index (χ2n) is 3.21. The second kappa shape index (κ2) is 5.10. The summed E-state index contributed by atoms with van der Waals surface area (Å²) in [6, 6.07) is 1.99. The Hall–Kier alpha value is -0.900. The number of aromatic nitrogens is 1. The van der Waals surface area contributed by atoms with Gasteiger partial charge in [0, 0.05) is 30.3 Å². The highest BCUT2D eigenvalue weighted by molar-refractivity contribution is 9.10. The van der Waals surface area contributed by atoms with E-state index in [2.05, 4.69) is 26.2 Å². The minimum absolute atomic E-state index is 0.0532. The molecule has 1 aromatic rings. The third kappa shape index (κ3) is 3.10. The number of rotatable bonds is 3. The van der Waals surface area contributed by atoms with E-state index >= 15 is 0 Å². The number of amides is 1. The lowest BCUT2D eigenvalue weighted by molar-refractivity contribution is -0.120. The Bertz CT molecular complexity index is 328. The topological polar surface area (TPSA) is 42.0 Å². The fraction of sp³-hybridized carbons (Fsp3) is 0.400. The van der Waals surface area contributed by atoms with Crippen LogP contribution < -0.4 is 5.32 Å². The van der Waals surface area contributed by atoms with Crippen LogP contribution in [-0.2, 0) is 4.79 Å². The molecular weight excluding hydrogens is 244 g/mol. The Labute approximate surface area is 92.1 Å². The summed E-state index contributed by atoms with van der Waals surface area (Å²) in [4.78, 5) is 15.2. The van der Waals surface area contributed by atoms with E-state index in [4.69, 9.17) is 0 Å². The number of carbonyl (C=O) groups is 1. The van der Waals surface area contributed by atoms with Crippen LogP contribution in [0.2, 0.25) is 0 Å². The summed E-state index contributed by atoms with van der Waals surface area (Å²) >= 11 is 3.35. The van der Waals surface area contributed by atoms with Gasteiger partial charge in [0.05, 0.1) is 0 Å². The van der Waals surface area contributed by atoms with Gasteiger partial charge in [0.1, 0.15) is 0 Å². The first-order chi connectivity index (χ1) is 6.63. The van der Waals surface area contributed by atoms with Crippen molar-refractivity contribution in [3.05, 3.63) is 28.5 Å².